The molecule has 0 aromatic carbocycles. The summed E-state index contributed by atoms with van der Waals surface area (Å²) in [5.41, 5.74) is 5.56. The Bertz CT molecular complexity index is 209. The molecule has 0 radical (unpaired) electrons. The van der Waals surface area contributed by atoms with E-state index < -0.39 is 0 Å². The number of rotatable bonds is 4. The molecular formula is C7H12BrN3. The van der Waals surface area contributed by atoms with Crippen LogP contribution in [0, 0.1) is 0 Å². The topological polar surface area (TPSA) is 43.8 Å². The number of halogens is 1. The van der Waals surface area contributed by atoms with Gasteiger partial charge in [-0.15, -0.1) is 0 Å². The highest BCUT2D eigenvalue weighted by molar-refractivity contribution is 9.09. The maximum atomic E-state index is 5.56. The van der Waals surface area contributed by atoms with Gasteiger partial charge in [0.2, 0.25) is 0 Å². The van der Waals surface area contributed by atoms with Crippen LogP contribution >= 0.6 is 15.9 Å². The van der Waals surface area contributed by atoms with Gasteiger partial charge in [-0.05, 0) is 12.8 Å². The number of aryl methyl sites for hydroxylation is 1. The lowest BCUT2D eigenvalue weighted by Crippen LogP contribution is -2.02. The molecule has 4 heteroatoms. The number of imidazole rings is 1. The number of unbranched alkanes of at least 4 members (excludes halogenated alkanes) is 1. The summed E-state index contributed by atoms with van der Waals surface area (Å²) in [4.78, 5) is 3.92. The Morgan fingerprint density at radius 3 is 2.91 bits per heavy atom. The Hall–Kier alpha value is -0.510. The number of anilines is 1. The summed E-state index contributed by atoms with van der Waals surface area (Å²) < 4.78 is 1.96. The number of nitrogens with two attached hydrogens (primary N) is 1. The van der Waals surface area contributed by atoms with Crippen LogP contribution in [0.2, 0.25) is 0 Å². The van der Waals surface area contributed by atoms with E-state index in [2.05, 4.69) is 20.9 Å². The van der Waals surface area contributed by atoms with Gasteiger partial charge in [-0.25, -0.2) is 4.98 Å². The van der Waals surface area contributed by atoms with E-state index >= 15 is 0 Å². The van der Waals surface area contributed by atoms with Gasteiger partial charge in [0.05, 0.1) is 0 Å². The molecule has 0 amide bonds. The van der Waals surface area contributed by atoms with E-state index in [1.165, 1.54) is 6.42 Å². The fourth-order valence-electron chi connectivity index (χ4n) is 0.906. The lowest BCUT2D eigenvalue weighted by Gasteiger charge is -2.01. The van der Waals surface area contributed by atoms with E-state index in [1.807, 2.05) is 10.8 Å². The largest absolute Gasteiger partial charge is 0.369 e. The molecule has 0 aliphatic carbocycles. The molecule has 0 aliphatic heterocycles. The molecule has 0 atom stereocenters. The van der Waals surface area contributed by atoms with Gasteiger partial charge in [-0.2, -0.15) is 0 Å². The molecule has 1 aromatic rings. The molecule has 2 N–H and O–H groups in total. The van der Waals surface area contributed by atoms with E-state index in [1.54, 1.807) is 6.20 Å². The quantitative estimate of drug-likeness (QED) is 0.616. The van der Waals surface area contributed by atoms with Crippen LogP contribution < -0.4 is 5.73 Å². The molecule has 0 saturated carbocycles. The van der Waals surface area contributed by atoms with Gasteiger partial charge >= 0.3 is 0 Å². The van der Waals surface area contributed by atoms with Crippen molar-refractivity contribution in [3.63, 3.8) is 0 Å². The van der Waals surface area contributed by atoms with E-state index in [4.69, 9.17) is 5.73 Å². The summed E-state index contributed by atoms with van der Waals surface area (Å²) in [6, 6.07) is 0. The first kappa shape index (κ1) is 8.59. The molecule has 0 spiro atoms. The summed E-state index contributed by atoms with van der Waals surface area (Å²) in [6.07, 6.45) is 5.95. The van der Waals surface area contributed by atoms with Crippen LogP contribution in [-0.2, 0) is 6.54 Å². The third-order valence-corrected chi connectivity index (χ3v) is 2.09. The second kappa shape index (κ2) is 4.38. The van der Waals surface area contributed by atoms with E-state index in [0.29, 0.717) is 5.95 Å². The van der Waals surface area contributed by atoms with Gasteiger partial charge in [0.25, 0.3) is 0 Å². The molecular weight excluding hydrogens is 206 g/mol. The lowest BCUT2D eigenvalue weighted by atomic mass is 10.3. The first-order chi connectivity index (χ1) is 5.34. The number of aromatic nitrogens is 2. The number of nitrogen functional groups attached to an aromatic ring is 1. The highest BCUT2D eigenvalue weighted by Crippen LogP contribution is 2.02. The van der Waals surface area contributed by atoms with Crippen molar-refractivity contribution in [2.75, 3.05) is 11.1 Å². The third-order valence-electron chi connectivity index (χ3n) is 1.53. The Labute approximate surface area is 74.7 Å². The Morgan fingerprint density at radius 2 is 2.36 bits per heavy atom. The SMILES string of the molecule is Nc1nccn1CCCCBr. The van der Waals surface area contributed by atoms with Crippen LogP contribution in [-0.4, -0.2) is 14.9 Å². The first-order valence-corrected chi connectivity index (χ1v) is 4.79. The first-order valence-electron chi connectivity index (χ1n) is 3.67. The maximum Gasteiger partial charge on any atom is 0.200 e. The zero-order valence-electron chi connectivity index (χ0n) is 6.33. The number of nitrogens with zero attached hydrogens (tertiary/aromatic N) is 2. The third kappa shape index (κ3) is 2.54. The summed E-state index contributed by atoms with van der Waals surface area (Å²) in [6.45, 7) is 0.970. The van der Waals surface area contributed by atoms with Gasteiger partial charge in [0, 0.05) is 24.3 Å². The summed E-state index contributed by atoms with van der Waals surface area (Å²) >= 11 is 3.38. The average molecular weight is 218 g/mol. The Kier molecular flexibility index (Phi) is 3.42. The normalized spacial score (nSPS) is 10.3. The predicted octanol–water partition coefficient (Wildman–Crippen LogP) is 1.64. The molecule has 0 aliphatic rings. The van der Waals surface area contributed by atoms with Crippen LogP contribution in [0.15, 0.2) is 12.4 Å². The second-order valence-electron chi connectivity index (χ2n) is 2.37. The molecule has 11 heavy (non-hydrogen) atoms. The highest BCUT2D eigenvalue weighted by Gasteiger charge is 1.95. The van der Waals surface area contributed by atoms with Crippen molar-refractivity contribution in [1.29, 1.82) is 0 Å². The number of alkyl halides is 1. The van der Waals surface area contributed by atoms with Crippen molar-refractivity contribution in [1.82, 2.24) is 9.55 Å². The Morgan fingerprint density at radius 1 is 1.55 bits per heavy atom. The molecule has 3 nitrogen and oxygen atoms in total. The van der Waals surface area contributed by atoms with Crippen molar-refractivity contribution < 1.29 is 0 Å². The summed E-state index contributed by atoms with van der Waals surface area (Å²) in [5.74, 6) is 0.611. The van der Waals surface area contributed by atoms with Crippen molar-refractivity contribution in [3.8, 4) is 0 Å². The van der Waals surface area contributed by atoms with Crippen LogP contribution in [0.25, 0.3) is 0 Å². The molecule has 0 fully saturated rings. The minimum Gasteiger partial charge on any atom is -0.369 e. The van der Waals surface area contributed by atoms with Crippen LogP contribution in [0.4, 0.5) is 5.95 Å². The maximum absolute atomic E-state index is 5.56. The lowest BCUT2D eigenvalue weighted by molar-refractivity contribution is 0.643. The second-order valence-corrected chi connectivity index (χ2v) is 3.17. The molecule has 1 heterocycles. The van der Waals surface area contributed by atoms with Gasteiger partial charge < -0.3 is 10.3 Å². The fourth-order valence-corrected chi connectivity index (χ4v) is 1.30. The zero-order valence-corrected chi connectivity index (χ0v) is 7.92. The van der Waals surface area contributed by atoms with Crippen molar-refractivity contribution >= 4 is 21.9 Å². The number of hydrogen-bond acceptors (Lipinski definition) is 2. The summed E-state index contributed by atoms with van der Waals surface area (Å²) in [5, 5.41) is 1.06. The smallest absolute Gasteiger partial charge is 0.200 e. The van der Waals surface area contributed by atoms with E-state index in [0.717, 1.165) is 18.3 Å². The minimum absolute atomic E-state index is 0.611. The summed E-state index contributed by atoms with van der Waals surface area (Å²) in [7, 11) is 0. The van der Waals surface area contributed by atoms with Gasteiger partial charge in [-0.3, -0.25) is 0 Å². The van der Waals surface area contributed by atoms with E-state index in [-0.39, 0.29) is 0 Å². The number of hydrogen-bond donors (Lipinski definition) is 1. The van der Waals surface area contributed by atoms with Crippen LogP contribution in [0.1, 0.15) is 12.8 Å². The Balaban J connectivity index is 2.32. The average Bonchev–Trinajstić information content (AvgIpc) is 2.37. The molecule has 62 valence electrons. The predicted molar refractivity (Wildman–Crippen MR) is 49.7 cm³/mol. The molecule has 0 saturated heterocycles. The monoisotopic (exact) mass is 217 g/mol. The van der Waals surface area contributed by atoms with Crippen LogP contribution in [0.5, 0.6) is 0 Å². The highest BCUT2D eigenvalue weighted by atomic mass is 79.9. The molecule has 0 unspecified atom stereocenters. The van der Waals surface area contributed by atoms with Crippen molar-refractivity contribution in [2.45, 2.75) is 19.4 Å². The van der Waals surface area contributed by atoms with Crippen molar-refractivity contribution in [2.24, 2.45) is 0 Å². The van der Waals surface area contributed by atoms with Crippen LogP contribution in [0.3, 0.4) is 0 Å². The zero-order chi connectivity index (χ0) is 8.10. The van der Waals surface area contributed by atoms with Crippen molar-refractivity contribution in [3.05, 3.63) is 12.4 Å². The van der Waals surface area contributed by atoms with Gasteiger partial charge in [0.1, 0.15) is 0 Å². The van der Waals surface area contributed by atoms with E-state index in [9.17, 15) is 0 Å². The van der Waals surface area contributed by atoms with Gasteiger partial charge in [0.15, 0.2) is 5.95 Å². The molecule has 0 bridgehead atoms. The molecule has 1 rings (SSSR count). The van der Waals surface area contributed by atoms with Gasteiger partial charge in [-0.1, -0.05) is 15.9 Å². The fraction of sp³-hybridized carbons (Fsp3) is 0.571. The standard InChI is InChI=1S/C7H12BrN3/c8-3-1-2-5-11-6-4-10-7(11)9/h4,6H,1-3,5H2,(H2,9,10). The molecule has 1 aromatic heterocycles. The minimum atomic E-state index is 0.611.